The maximum atomic E-state index is 12.1. The van der Waals surface area contributed by atoms with Crippen molar-refractivity contribution in [3.63, 3.8) is 0 Å². The summed E-state index contributed by atoms with van der Waals surface area (Å²) >= 11 is 5.94. The van der Waals surface area contributed by atoms with Gasteiger partial charge in [0.2, 0.25) is 0 Å². The van der Waals surface area contributed by atoms with Gasteiger partial charge in [-0.15, -0.1) is 0 Å². The number of hydrogen-bond donors (Lipinski definition) is 2. The quantitative estimate of drug-likeness (QED) is 0.851. The van der Waals surface area contributed by atoms with Crippen molar-refractivity contribution >= 4 is 28.9 Å². The molecule has 5 heteroatoms. The lowest BCUT2D eigenvalue weighted by Crippen LogP contribution is -2.13. The second-order valence-corrected chi connectivity index (χ2v) is 4.78. The predicted octanol–water partition coefficient (Wildman–Crippen LogP) is 3.49. The molecule has 104 valence electrons. The Morgan fingerprint density at radius 3 is 2.60 bits per heavy atom. The summed E-state index contributed by atoms with van der Waals surface area (Å²) in [5, 5.41) is 3.39. The number of hydrogen-bond acceptors (Lipinski definition) is 3. The Labute approximate surface area is 122 Å². The molecule has 0 aliphatic rings. The molecule has 0 fully saturated rings. The molecule has 2 aromatic rings. The lowest BCUT2D eigenvalue weighted by molar-refractivity contribution is 0.102. The van der Waals surface area contributed by atoms with E-state index >= 15 is 0 Å². The zero-order valence-electron chi connectivity index (χ0n) is 11.2. The van der Waals surface area contributed by atoms with Crippen LogP contribution in [0.1, 0.15) is 15.9 Å². The number of nitrogens with two attached hydrogens (primary N) is 1. The number of ether oxygens (including phenoxy) is 1. The molecular formula is C15H15ClN2O2. The predicted molar refractivity (Wildman–Crippen MR) is 81.5 cm³/mol. The van der Waals surface area contributed by atoms with Crippen LogP contribution in [0, 0.1) is 6.92 Å². The maximum Gasteiger partial charge on any atom is 0.255 e. The number of methoxy groups -OCH3 is 1. The fourth-order valence-electron chi connectivity index (χ4n) is 1.76. The SMILES string of the molecule is COc1ccc(NC(=O)c2ccc(Cl)c(C)c2)c(N)c1. The molecule has 0 aromatic heterocycles. The van der Waals surface area contributed by atoms with E-state index in [0.29, 0.717) is 27.7 Å². The van der Waals surface area contributed by atoms with E-state index in [0.717, 1.165) is 5.56 Å². The minimum atomic E-state index is -0.235. The molecule has 0 saturated carbocycles. The molecule has 4 nitrogen and oxygen atoms in total. The first-order valence-corrected chi connectivity index (χ1v) is 6.40. The summed E-state index contributed by atoms with van der Waals surface area (Å²) in [6.07, 6.45) is 0. The number of aryl methyl sites for hydroxylation is 1. The molecule has 0 saturated heterocycles. The maximum absolute atomic E-state index is 12.1. The van der Waals surface area contributed by atoms with Crippen LogP contribution >= 0.6 is 11.6 Å². The van der Waals surface area contributed by atoms with Crippen LogP contribution < -0.4 is 15.8 Å². The highest BCUT2D eigenvalue weighted by Gasteiger charge is 2.10. The molecule has 2 aromatic carbocycles. The molecular weight excluding hydrogens is 276 g/mol. The molecule has 0 bridgehead atoms. The fourth-order valence-corrected chi connectivity index (χ4v) is 1.88. The summed E-state index contributed by atoms with van der Waals surface area (Å²) in [4.78, 5) is 12.1. The zero-order chi connectivity index (χ0) is 14.7. The van der Waals surface area contributed by atoms with Crippen molar-refractivity contribution in [2.75, 3.05) is 18.2 Å². The topological polar surface area (TPSA) is 64.3 Å². The number of nitrogens with one attached hydrogen (secondary N) is 1. The molecule has 3 N–H and O–H groups in total. The summed E-state index contributed by atoms with van der Waals surface area (Å²) in [5.41, 5.74) is 8.23. The lowest BCUT2D eigenvalue weighted by atomic mass is 10.1. The van der Waals surface area contributed by atoms with Crippen molar-refractivity contribution in [1.29, 1.82) is 0 Å². The number of benzene rings is 2. The van der Waals surface area contributed by atoms with E-state index in [1.165, 1.54) is 0 Å². The first kappa shape index (κ1) is 14.2. The number of anilines is 2. The molecule has 0 heterocycles. The van der Waals surface area contributed by atoms with Gasteiger partial charge in [-0.3, -0.25) is 4.79 Å². The average Bonchev–Trinajstić information content (AvgIpc) is 2.43. The van der Waals surface area contributed by atoms with Gasteiger partial charge in [0.05, 0.1) is 18.5 Å². The molecule has 0 atom stereocenters. The number of carbonyl (C=O) groups is 1. The minimum Gasteiger partial charge on any atom is -0.497 e. The minimum absolute atomic E-state index is 0.235. The Hall–Kier alpha value is -2.20. The highest BCUT2D eigenvalue weighted by molar-refractivity contribution is 6.31. The number of carbonyl (C=O) groups excluding carboxylic acids is 1. The van der Waals surface area contributed by atoms with Crippen molar-refractivity contribution in [2.45, 2.75) is 6.92 Å². The summed E-state index contributed by atoms with van der Waals surface area (Å²) in [5.74, 6) is 0.407. The van der Waals surface area contributed by atoms with Crippen molar-refractivity contribution in [3.8, 4) is 5.75 Å². The molecule has 0 aliphatic heterocycles. The Kier molecular flexibility index (Phi) is 4.15. The number of halogens is 1. The lowest BCUT2D eigenvalue weighted by Gasteiger charge is -2.10. The second kappa shape index (κ2) is 5.84. The van der Waals surface area contributed by atoms with E-state index in [-0.39, 0.29) is 5.91 Å². The second-order valence-electron chi connectivity index (χ2n) is 4.37. The molecule has 2 rings (SSSR count). The van der Waals surface area contributed by atoms with Crippen LogP contribution in [-0.4, -0.2) is 13.0 Å². The Balaban J connectivity index is 2.21. The van der Waals surface area contributed by atoms with Gasteiger partial charge in [-0.25, -0.2) is 0 Å². The molecule has 0 unspecified atom stereocenters. The van der Waals surface area contributed by atoms with Crippen LogP contribution in [0.4, 0.5) is 11.4 Å². The van der Waals surface area contributed by atoms with E-state index in [9.17, 15) is 4.79 Å². The van der Waals surface area contributed by atoms with Crippen molar-refractivity contribution in [1.82, 2.24) is 0 Å². The zero-order valence-corrected chi connectivity index (χ0v) is 12.0. The molecule has 0 spiro atoms. The van der Waals surface area contributed by atoms with Crippen molar-refractivity contribution < 1.29 is 9.53 Å². The average molecular weight is 291 g/mol. The van der Waals surface area contributed by atoms with Crippen LogP contribution in [0.2, 0.25) is 5.02 Å². The molecule has 0 aliphatic carbocycles. The summed E-state index contributed by atoms with van der Waals surface area (Å²) in [6, 6.07) is 10.2. The van der Waals surface area contributed by atoms with Gasteiger partial charge in [-0.2, -0.15) is 0 Å². The highest BCUT2D eigenvalue weighted by Crippen LogP contribution is 2.25. The van der Waals surface area contributed by atoms with Gasteiger partial charge in [-0.1, -0.05) is 11.6 Å². The first-order chi connectivity index (χ1) is 9.51. The van der Waals surface area contributed by atoms with Crippen LogP contribution in [0.3, 0.4) is 0 Å². The first-order valence-electron chi connectivity index (χ1n) is 6.02. The standard InChI is InChI=1S/C15H15ClN2O2/c1-9-7-10(3-5-12(9)16)15(19)18-14-6-4-11(20-2)8-13(14)17/h3-8H,17H2,1-2H3,(H,18,19). The molecule has 1 amide bonds. The Bertz CT molecular complexity index is 656. The van der Waals surface area contributed by atoms with Gasteiger partial charge in [0.25, 0.3) is 5.91 Å². The largest absolute Gasteiger partial charge is 0.497 e. The molecule has 0 radical (unpaired) electrons. The third-order valence-electron chi connectivity index (χ3n) is 2.93. The third-order valence-corrected chi connectivity index (χ3v) is 3.35. The van der Waals surface area contributed by atoms with Crippen molar-refractivity contribution in [2.24, 2.45) is 0 Å². The number of rotatable bonds is 3. The third kappa shape index (κ3) is 3.03. The van der Waals surface area contributed by atoms with Gasteiger partial charge in [0.15, 0.2) is 0 Å². The van der Waals surface area contributed by atoms with E-state index in [2.05, 4.69) is 5.32 Å². The van der Waals surface area contributed by atoms with E-state index in [1.54, 1.807) is 43.5 Å². The van der Waals surface area contributed by atoms with Gasteiger partial charge >= 0.3 is 0 Å². The fraction of sp³-hybridized carbons (Fsp3) is 0.133. The van der Waals surface area contributed by atoms with E-state index in [4.69, 9.17) is 22.1 Å². The number of nitrogen functional groups attached to an aromatic ring is 1. The van der Waals surface area contributed by atoms with Crippen LogP contribution in [0.15, 0.2) is 36.4 Å². The van der Waals surface area contributed by atoms with Gasteiger partial charge in [-0.05, 0) is 42.8 Å². The van der Waals surface area contributed by atoms with Crippen molar-refractivity contribution in [3.05, 3.63) is 52.5 Å². The normalized spacial score (nSPS) is 10.2. The molecule has 20 heavy (non-hydrogen) atoms. The van der Waals surface area contributed by atoms with Gasteiger partial charge in [0.1, 0.15) is 5.75 Å². The summed E-state index contributed by atoms with van der Waals surface area (Å²) < 4.78 is 5.06. The van der Waals surface area contributed by atoms with Crippen LogP contribution in [-0.2, 0) is 0 Å². The smallest absolute Gasteiger partial charge is 0.255 e. The van der Waals surface area contributed by atoms with Crippen LogP contribution in [0.5, 0.6) is 5.75 Å². The van der Waals surface area contributed by atoms with Crippen LogP contribution in [0.25, 0.3) is 0 Å². The number of amides is 1. The monoisotopic (exact) mass is 290 g/mol. The van der Waals surface area contributed by atoms with E-state index < -0.39 is 0 Å². The Morgan fingerprint density at radius 1 is 1.25 bits per heavy atom. The summed E-state index contributed by atoms with van der Waals surface area (Å²) in [7, 11) is 1.56. The Morgan fingerprint density at radius 2 is 2.00 bits per heavy atom. The highest BCUT2D eigenvalue weighted by atomic mass is 35.5. The summed E-state index contributed by atoms with van der Waals surface area (Å²) in [6.45, 7) is 1.85. The van der Waals surface area contributed by atoms with Gasteiger partial charge in [0, 0.05) is 16.7 Å². The van der Waals surface area contributed by atoms with E-state index in [1.807, 2.05) is 6.92 Å². The van der Waals surface area contributed by atoms with Gasteiger partial charge < -0.3 is 15.8 Å².